The average Bonchev–Trinajstić information content (AvgIpc) is 2.68. The minimum Gasteiger partial charge on any atom is -0.356 e. The van der Waals surface area contributed by atoms with E-state index >= 15 is 0 Å². The Bertz CT molecular complexity index is 754. The smallest absolute Gasteiger partial charge is 0.223 e. The fourth-order valence-electron chi connectivity index (χ4n) is 5.44. The van der Waals surface area contributed by atoms with Crippen molar-refractivity contribution in [2.24, 2.45) is 17.8 Å². The summed E-state index contributed by atoms with van der Waals surface area (Å²) in [5.74, 6) is 1.72. The fourth-order valence-corrected chi connectivity index (χ4v) is 5.44. The van der Waals surface area contributed by atoms with E-state index in [4.69, 9.17) is 0 Å². The van der Waals surface area contributed by atoms with Crippen molar-refractivity contribution in [2.75, 3.05) is 24.5 Å². The van der Waals surface area contributed by atoms with Crippen molar-refractivity contribution >= 4 is 17.6 Å². The highest BCUT2D eigenvalue weighted by Crippen LogP contribution is 2.42. The fraction of sp³-hybridized carbons (Fsp3) is 0.682. The molecule has 4 atom stereocenters. The molecule has 4 heterocycles. The number of fused-ring (bicyclic) bond motifs is 4. The Hall–Kier alpha value is -2.18. The number of nitrogens with one attached hydrogen (secondary N) is 1. The number of carbonyl (C=O) groups excluding carboxylic acids is 2. The van der Waals surface area contributed by atoms with Gasteiger partial charge < -0.3 is 15.1 Å². The summed E-state index contributed by atoms with van der Waals surface area (Å²) in [5, 5.41) is 3.09. The summed E-state index contributed by atoms with van der Waals surface area (Å²) < 4.78 is 13.3. The first-order valence-electron chi connectivity index (χ1n) is 10.9. The van der Waals surface area contributed by atoms with E-state index in [1.807, 2.05) is 13.8 Å². The summed E-state index contributed by atoms with van der Waals surface area (Å²) >= 11 is 0. The molecule has 6 nitrogen and oxygen atoms in total. The van der Waals surface area contributed by atoms with Crippen LogP contribution in [0.15, 0.2) is 18.3 Å². The molecule has 158 valence electrons. The summed E-state index contributed by atoms with van der Waals surface area (Å²) in [6.45, 7) is 6.19. The van der Waals surface area contributed by atoms with Crippen LogP contribution in [0.4, 0.5) is 10.2 Å². The quantitative estimate of drug-likeness (QED) is 0.822. The number of hydrogen-bond acceptors (Lipinski definition) is 4. The number of hydrogen-bond donors (Lipinski definition) is 1. The molecule has 1 aromatic heterocycles. The minimum atomic E-state index is -0.333. The summed E-state index contributed by atoms with van der Waals surface area (Å²) in [6, 6.07) is 3.43. The van der Waals surface area contributed by atoms with Crippen molar-refractivity contribution in [3.8, 4) is 0 Å². The van der Waals surface area contributed by atoms with Gasteiger partial charge in [0.05, 0.1) is 12.2 Å². The molecule has 3 fully saturated rings. The van der Waals surface area contributed by atoms with Crippen LogP contribution in [-0.4, -0.2) is 53.4 Å². The van der Waals surface area contributed by atoms with E-state index in [9.17, 15) is 14.0 Å². The predicted molar refractivity (Wildman–Crippen MR) is 109 cm³/mol. The number of nitrogens with zero attached hydrogens (tertiary/aromatic N) is 3. The molecule has 0 saturated carbocycles. The van der Waals surface area contributed by atoms with E-state index < -0.39 is 0 Å². The zero-order valence-electron chi connectivity index (χ0n) is 17.3. The molecule has 3 aliphatic rings. The van der Waals surface area contributed by atoms with Gasteiger partial charge in [0, 0.05) is 38.5 Å². The molecule has 3 aliphatic heterocycles. The minimum absolute atomic E-state index is 0.0170. The van der Waals surface area contributed by atoms with Gasteiger partial charge >= 0.3 is 0 Å². The van der Waals surface area contributed by atoms with Gasteiger partial charge in [0.25, 0.3) is 0 Å². The molecule has 0 radical (unpaired) electrons. The van der Waals surface area contributed by atoms with E-state index in [1.54, 1.807) is 6.07 Å². The third-order valence-corrected chi connectivity index (χ3v) is 6.63. The molecule has 3 saturated heterocycles. The molecular weight excluding hydrogens is 371 g/mol. The maximum atomic E-state index is 13.3. The summed E-state index contributed by atoms with van der Waals surface area (Å²) in [5.41, 5.74) is 0. The van der Waals surface area contributed by atoms with Crippen molar-refractivity contribution in [1.82, 2.24) is 15.2 Å². The normalized spacial score (nSPS) is 29.0. The predicted octanol–water partition coefficient (Wildman–Crippen LogP) is 2.59. The highest BCUT2D eigenvalue weighted by Gasteiger charge is 2.49. The van der Waals surface area contributed by atoms with Gasteiger partial charge in [-0.2, -0.15) is 0 Å². The van der Waals surface area contributed by atoms with Crippen LogP contribution in [0.5, 0.6) is 0 Å². The van der Waals surface area contributed by atoms with Crippen molar-refractivity contribution in [1.29, 1.82) is 0 Å². The second-order valence-electron chi connectivity index (χ2n) is 9.23. The Labute approximate surface area is 171 Å². The zero-order chi connectivity index (χ0) is 20.5. The number of aromatic nitrogens is 1. The Morgan fingerprint density at radius 1 is 1.31 bits per heavy atom. The van der Waals surface area contributed by atoms with Crippen molar-refractivity contribution in [3.05, 3.63) is 24.1 Å². The Morgan fingerprint density at radius 3 is 2.83 bits per heavy atom. The molecule has 29 heavy (non-hydrogen) atoms. The van der Waals surface area contributed by atoms with Crippen LogP contribution in [0.1, 0.15) is 46.0 Å². The van der Waals surface area contributed by atoms with Crippen LogP contribution < -0.4 is 10.2 Å². The van der Waals surface area contributed by atoms with Gasteiger partial charge in [0.2, 0.25) is 11.8 Å². The molecule has 0 spiro atoms. The topological polar surface area (TPSA) is 65.5 Å². The van der Waals surface area contributed by atoms with E-state index in [0.29, 0.717) is 31.2 Å². The Morgan fingerprint density at radius 2 is 2.10 bits per heavy atom. The summed E-state index contributed by atoms with van der Waals surface area (Å²) in [7, 11) is 0. The number of carbonyl (C=O) groups is 2. The van der Waals surface area contributed by atoms with E-state index in [0.717, 1.165) is 38.2 Å². The monoisotopic (exact) mass is 402 g/mol. The van der Waals surface area contributed by atoms with Crippen LogP contribution in [0, 0.1) is 23.6 Å². The third-order valence-electron chi connectivity index (χ3n) is 6.63. The number of anilines is 1. The second-order valence-corrected chi connectivity index (χ2v) is 9.23. The van der Waals surface area contributed by atoms with Crippen LogP contribution >= 0.6 is 0 Å². The van der Waals surface area contributed by atoms with Crippen LogP contribution in [0.25, 0.3) is 0 Å². The molecular formula is C22H31FN4O2. The van der Waals surface area contributed by atoms with Crippen molar-refractivity contribution in [2.45, 2.75) is 58.0 Å². The Balaban J connectivity index is 1.54. The molecule has 2 bridgehead atoms. The maximum absolute atomic E-state index is 13.3. The molecule has 1 N–H and O–H groups in total. The standard InChI is InChI=1S/C22H31FN4O2/c1-14(2)8-21(28)25-11-19-16-9-15(18-4-3-5-22(29)27(18)19)12-26(13-16)20-7-6-17(23)10-24-20/h6-7,10,14-16,18-19H,3-5,8-9,11-13H2,1-2H3,(H,25,28)/t15-,16+,18+,19+/m1/s1. The highest BCUT2D eigenvalue weighted by atomic mass is 19.1. The first-order valence-corrected chi connectivity index (χ1v) is 10.9. The van der Waals surface area contributed by atoms with Gasteiger partial charge in [0.1, 0.15) is 11.6 Å². The van der Waals surface area contributed by atoms with Gasteiger partial charge in [-0.05, 0) is 49.1 Å². The molecule has 2 amide bonds. The molecule has 1 aromatic rings. The summed E-state index contributed by atoms with van der Waals surface area (Å²) in [6.07, 6.45) is 5.39. The SMILES string of the molecule is CC(C)CC(=O)NC[C@H]1[C@H]2C[C@H](CN(c3ccc(F)cn3)C2)[C@@H]2CCCC(=O)N21. The van der Waals surface area contributed by atoms with Crippen LogP contribution in [-0.2, 0) is 9.59 Å². The number of piperidine rings is 3. The second kappa shape index (κ2) is 8.28. The summed E-state index contributed by atoms with van der Waals surface area (Å²) in [4.78, 5) is 33.7. The highest BCUT2D eigenvalue weighted by molar-refractivity contribution is 5.79. The van der Waals surface area contributed by atoms with Crippen LogP contribution in [0.2, 0.25) is 0 Å². The largest absolute Gasteiger partial charge is 0.356 e. The van der Waals surface area contributed by atoms with Gasteiger partial charge in [-0.3, -0.25) is 9.59 Å². The van der Waals surface area contributed by atoms with E-state index in [1.165, 1.54) is 12.3 Å². The van der Waals surface area contributed by atoms with E-state index in [-0.39, 0.29) is 35.6 Å². The lowest BCUT2D eigenvalue weighted by molar-refractivity contribution is -0.149. The lowest BCUT2D eigenvalue weighted by Gasteiger charge is -2.56. The number of amides is 2. The molecule has 0 aromatic carbocycles. The van der Waals surface area contributed by atoms with Gasteiger partial charge in [-0.25, -0.2) is 9.37 Å². The Kier molecular flexibility index (Phi) is 5.74. The lowest BCUT2D eigenvalue weighted by atomic mass is 9.72. The van der Waals surface area contributed by atoms with E-state index in [2.05, 4.69) is 20.1 Å². The number of pyridine rings is 1. The third kappa shape index (κ3) is 4.23. The van der Waals surface area contributed by atoms with Crippen molar-refractivity contribution in [3.63, 3.8) is 0 Å². The first kappa shape index (κ1) is 20.1. The molecule has 0 unspecified atom stereocenters. The average molecular weight is 403 g/mol. The molecule has 7 heteroatoms. The molecule has 4 rings (SSSR count). The van der Waals surface area contributed by atoms with Gasteiger partial charge in [-0.1, -0.05) is 13.8 Å². The number of halogens is 1. The maximum Gasteiger partial charge on any atom is 0.223 e. The number of rotatable bonds is 5. The molecule has 0 aliphatic carbocycles. The van der Waals surface area contributed by atoms with Gasteiger partial charge in [-0.15, -0.1) is 0 Å². The lowest BCUT2D eigenvalue weighted by Crippen LogP contribution is -2.67. The zero-order valence-corrected chi connectivity index (χ0v) is 17.3. The van der Waals surface area contributed by atoms with Gasteiger partial charge in [0.15, 0.2) is 0 Å². The van der Waals surface area contributed by atoms with Crippen molar-refractivity contribution < 1.29 is 14.0 Å². The van der Waals surface area contributed by atoms with Crippen LogP contribution in [0.3, 0.4) is 0 Å². The first-order chi connectivity index (χ1) is 13.9.